The molecule has 7 nitrogen and oxygen atoms in total. The quantitative estimate of drug-likeness (QED) is 0.671. The third-order valence-electron chi connectivity index (χ3n) is 4.09. The van der Waals surface area contributed by atoms with Crippen LogP contribution in [0.5, 0.6) is 0 Å². The summed E-state index contributed by atoms with van der Waals surface area (Å²) >= 11 is 0. The van der Waals surface area contributed by atoms with Gasteiger partial charge in [-0.1, -0.05) is 12.1 Å². The third-order valence-corrected chi connectivity index (χ3v) is 4.09. The van der Waals surface area contributed by atoms with Crippen LogP contribution in [0.3, 0.4) is 0 Å². The summed E-state index contributed by atoms with van der Waals surface area (Å²) in [6.45, 7) is 5.26. The second-order valence-electron chi connectivity index (χ2n) is 5.72. The van der Waals surface area contributed by atoms with Gasteiger partial charge in [-0.05, 0) is 24.6 Å². The Morgan fingerprint density at radius 2 is 1.92 bits per heavy atom. The van der Waals surface area contributed by atoms with Gasteiger partial charge in [0.05, 0.1) is 30.0 Å². The lowest BCUT2D eigenvalue weighted by atomic mass is 10.1. The summed E-state index contributed by atoms with van der Waals surface area (Å²) in [5.41, 5.74) is 2.16. The molecule has 2 aromatic rings. The summed E-state index contributed by atoms with van der Waals surface area (Å²) in [5, 5.41) is 14.0. The van der Waals surface area contributed by atoms with Crippen LogP contribution in [0.1, 0.15) is 18.5 Å². The van der Waals surface area contributed by atoms with Crippen LogP contribution in [-0.2, 0) is 4.74 Å². The lowest BCUT2D eigenvalue weighted by Crippen LogP contribution is -2.36. The van der Waals surface area contributed by atoms with Gasteiger partial charge in [-0.25, -0.2) is 4.98 Å². The minimum absolute atomic E-state index is 0.00698. The molecule has 1 fully saturated rings. The highest BCUT2D eigenvalue weighted by Gasteiger charge is 2.12. The predicted octanol–water partition coefficient (Wildman–Crippen LogP) is 3.00. The zero-order valence-electron chi connectivity index (χ0n) is 13.5. The van der Waals surface area contributed by atoms with Gasteiger partial charge in [0.2, 0.25) is 0 Å². The maximum atomic E-state index is 10.7. The van der Waals surface area contributed by atoms with Crippen molar-refractivity contribution in [3.8, 4) is 0 Å². The molecule has 1 aromatic carbocycles. The number of non-ortho nitro benzene ring substituents is 1. The zero-order chi connectivity index (χ0) is 16.9. The fourth-order valence-corrected chi connectivity index (χ4v) is 2.67. The number of ether oxygens (including phenoxy) is 1. The van der Waals surface area contributed by atoms with E-state index >= 15 is 0 Å². The van der Waals surface area contributed by atoms with E-state index in [-0.39, 0.29) is 11.7 Å². The number of nitro benzene ring substituents is 1. The predicted molar refractivity (Wildman–Crippen MR) is 92.4 cm³/mol. The average Bonchev–Trinajstić information content (AvgIpc) is 2.63. The maximum Gasteiger partial charge on any atom is 0.269 e. The summed E-state index contributed by atoms with van der Waals surface area (Å²) in [7, 11) is 0. The standard InChI is InChI=1S/C17H20N4O3/c1-13(14-2-4-15(5-3-14)21(22)23)19-17-7-6-16(12-18-17)20-8-10-24-11-9-20/h2-7,12-13H,8-11H2,1H3,(H,18,19)/t13-/m1/s1. The Labute approximate surface area is 140 Å². The van der Waals surface area contributed by atoms with Gasteiger partial charge < -0.3 is 15.0 Å². The molecule has 2 heterocycles. The number of anilines is 2. The van der Waals surface area contributed by atoms with Crippen molar-refractivity contribution >= 4 is 17.2 Å². The zero-order valence-corrected chi connectivity index (χ0v) is 13.5. The summed E-state index contributed by atoms with van der Waals surface area (Å²) in [6, 6.07) is 10.6. The minimum Gasteiger partial charge on any atom is -0.378 e. The molecule has 0 spiro atoms. The van der Waals surface area contributed by atoms with Crippen molar-refractivity contribution in [3.63, 3.8) is 0 Å². The summed E-state index contributed by atoms with van der Waals surface area (Å²) < 4.78 is 5.35. The average molecular weight is 328 g/mol. The number of nitro groups is 1. The van der Waals surface area contributed by atoms with Crippen LogP contribution >= 0.6 is 0 Å². The number of nitrogens with one attached hydrogen (secondary N) is 1. The van der Waals surface area contributed by atoms with Crippen LogP contribution in [0, 0.1) is 10.1 Å². The minimum atomic E-state index is -0.395. The highest BCUT2D eigenvalue weighted by molar-refractivity contribution is 5.50. The molecule has 0 aliphatic carbocycles. The molecule has 126 valence electrons. The smallest absolute Gasteiger partial charge is 0.269 e. The Bertz CT molecular complexity index is 682. The van der Waals surface area contributed by atoms with Crippen LogP contribution in [0.25, 0.3) is 0 Å². The van der Waals surface area contributed by atoms with E-state index in [0.29, 0.717) is 0 Å². The molecule has 7 heteroatoms. The molecule has 1 atom stereocenters. The van der Waals surface area contributed by atoms with Gasteiger partial charge in [-0.15, -0.1) is 0 Å². The highest BCUT2D eigenvalue weighted by Crippen LogP contribution is 2.22. The molecule has 0 amide bonds. The molecule has 1 aliphatic rings. The van der Waals surface area contributed by atoms with Crippen molar-refractivity contribution in [1.82, 2.24) is 4.98 Å². The number of hydrogen-bond donors (Lipinski definition) is 1. The lowest BCUT2D eigenvalue weighted by Gasteiger charge is -2.28. The van der Waals surface area contributed by atoms with Gasteiger partial charge in [0.25, 0.3) is 5.69 Å². The van der Waals surface area contributed by atoms with Crippen LogP contribution < -0.4 is 10.2 Å². The normalized spacial score (nSPS) is 15.8. The molecule has 0 saturated carbocycles. The van der Waals surface area contributed by atoms with Crippen molar-refractivity contribution < 1.29 is 9.66 Å². The van der Waals surface area contributed by atoms with Crippen molar-refractivity contribution in [2.45, 2.75) is 13.0 Å². The Morgan fingerprint density at radius 3 is 2.50 bits per heavy atom. The van der Waals surface area contributed by atoms with E-state index < -0.39 is 4.92 Å². The third kappa shape index (κ3) is 3.80. The van der Waals surface area contributed by atoms with Crippen molar-refractivity contribution in [3.05, 3.63) is 58.3 Å². The molecule has 1 aromatic heterocycles. The van der Waals surface area contributed by atoms with Crippen molar-refractivity contribution in [2.24, 2.45) is 0 Å². The first-order valence-electron chi connectivity index (χ1n) is 7.93. The van der Waals surface area contributed by atoms with Gasteiger partial charge >= 0.3 is 0 Å². The second-order valence-corrected chi connectivity index (χ2v) is 5.72. The van der Waals surface area contributed by atoms with Gasteiger partial charge in [-0.3, -0.25) is 10.1 Å². The maximum absolute atomic E-state index is 10.7. The fraction of sp³-hybridized carbons (Fsp3) is 0.353. The largest absolute Gasteiger partial charge is 0.378 e. The number of nitrogens with zero attached hydrogens (tertiary/aromatic N) is 3. The van der Waals surface area contributed by atoms with Crippen LogP contribution in [0.2, 0.25) is 0 Å². The molecule has 3 rings (SSSR count). The first kappa shape index (κ1) is 16.2. The van der Waals surface area contributed by atoms with Gasteiger partial charge in [0.15, 0.2) is 0 Å². The molecule has 1 aliphatic heterocycles. The van der Waals surface area contributed by atoms with E-state index in [1.165, 1.54) is 12.1 Å². The number of benzene rings is 1. The van der Waals surface area contributed by atoms with Gasteiger partial charge in [0.1, 0.15) is 5.82 Å². The van der Waals surface area contributed by atoms with E-state index in [2.05, 4.69) is 15.2 Å². The van der Waals surface area contributed by atoms with Crippen LogP contribution in [-0.4, -0.2) is 36.2 Å². The summed E-state index contributed by atoms with van der Waals surface area (Å²) in [4.78, 5) is 17.0. The first-order valence-corrected chi connectivity index (χ1v) is 7.93. The molecule has 1 N–H and O–H groups in total. The van der Waals surface area contributed by atoms with Crippen LogP contribution in [0.4, 0.5) is 17.2 Å². The lowest BCUT2D eigenvalue weighted by molar-refractivity contribution is -0.384. The van der Waals surface area contributed by atoms with Crippen LogP contribution in [0.15, 0.2) is 42.6 Å². The highest BCUT2D eigenvalue weighted by atomic mass is 16.6. The Kier molecular flexibility index (Phi) is 4.90. The van der Waals surface area contributed by atoms with E-state index in [9.17, 15) is 10.1 Å². The SMILES string of the molecule is C[C@@H](Nc1ccc(N2CCOCC2)cn1)c1ccc([N+](=O)[O-])cc1. The second kappa shape index (κ2) is 7.27. The monoisotopic (exact) mass is 328 g/mol. The molecule has 1 saturated heterocycles. The number of pyridine rings is 1. The van der Waals surface area contributed by atoms with E-state index in [4.69, 9.17) is 4.74 Å². The number of morpholine rings is 1. The topological polar surface area (TPSA) is 80.5 Å². The van der Waals surface area contributed by atoms with E-state index in [1.807, 2.05) is 25.3 Å². The van der Waals surface area contributed by atoms with E-state index in [1.54, 1.807) is 12.1 Å². The molecule has 0 radical (unpaired) electrons. The fourth-order valence-electron chi connectivity index (χ4n) is 2.67. The first-order chi connectivity index (χ1) is 11.6. The molecule has 24 heavy (non-hydrogen) atoms. The van der Waals surface area contributed by atoms with Crippen molar-refractivity contribution in [2.75, 3.05) is 36.5 Å². The molecular weight excluding hydrogens is 308 g/mol. The van der Waals surface area contributed by atoms with Crippen molar-refractivity contribution in [1.29, 1.82) is 0 Å². The Hall–Kier alpha value is -2.67. The molecule has 0 bridgehead atoms. The molecule has 0 unspecified atom stereocenters. The number of hydrogen-bond acceptors (Lipinski definition) is 6. The Morgan fingerprint density at radius 1 is 1.21 bits per heavy atom. The summed E-state index contributed by atoms with van der Waals surface area (Å²) in [5.74, 6) is 0.776. The Balaban J connectivity index is 1.63. The summed E-state index contributed by atoms with van der Waals surface area (Å²) in [6.07, 6.45) is 1.86. The number of rotatable bonds is 5. The van der Waals surface area contributed by atoms with Gasteiger partial charge in [0, 0.05) is 31.3 Å². The molecular formula is C17H20N4O3. The van der Waals surface area contributed by atoms with Gasteiger partial charge in [-0.2, -0.15) is 0 Å². The van der Waals surface area contributed by atoms with E-state index in [0.717, 1.165) is 43.4 Å². The number of aromatic nitrogens is 1.